The van der Waals surface area contributed by atoms with Crippen molar-refractivity contribution in [1.29, 1.82) is 0 Å². The lowest BCUT2D eigenvalue weighted by Crippen LogP contribution is -2.12. The van der Waals surface area contributed by atoms with Gasteiger partial charge in [0.25, 0.3) is 0 Å². The Bertz CT molecular complexity index is 1260. The number of sulfonamides is 1. The van der Waals surface area contributed by atoms with E-state index in [1.54, 1.807) is 6.07 Å². The van der Waals surface area contributed by atoms with Crippen molar-refractivity contribution in [2.45, 2.75) is 25.3 Å². The maximum absolute atomic E-state index is 11.9. The number of primary sulfonamides is 1. The van der Waals surface area contributed by atoms with Crippen LogP contribution in [0.1, 0.15) is 16.8 Å². The summed E-state index contributed by atoms with van der Waals surface area (Å²) >= 11 is 0. The number of nitrogens with two attached hydrogens (primary N) is 1. The normalized spacial score (nSPS) is 11.7. The lowest BCUT2D eigenvalue weighted by molar-refractivity contribution is 0.419. The third-order valence-electron chi connectivity index (χ3n) is 4.63. The van der Waals surface area contributed by atoms with E-state index in [4.69, 9.17) is 9.66 Å². The highest BCUT2D eigenvalue weighted by molar-refractivity contribution is 7.89. The summed E-state index contributed by atoms with van der Waals surface area (Å²) in [6.07, 6.45) is 1.22. The minimum Gasteiger partial charge on any atom is -0.342 e. The molecule has 2 heterocycles. The topological polar surface area (TPSA) is 117 Å². The Morgan fingerprint density at radius 3 is 2.45 bits per heavy atom. The number of benzene rings is 2. The van der Waals surface area contributed by atoms with Gasteiger partial charge in [-0.15, -0.1) is 0 Å². The van der Waals surface area contributed by atoms with E-state index >= 15 is 0 Å². The summed E-state index contributed by atoms with van der Waals surface area (Å²) < 4.78 is 30.4. The largest absolute Gasteiger partial charge is 0.342 e. The average Bonchev–Trinajstić information content (AvgIpc) is 3.33. The van der Waals surface area contributed by atoms with Gasteiger partial charge in [-0.2, -0.15) is 10.1 Å². The molecule has 2 aromatic carbocycles. The first-order chi connectivity index (χ1) is 13.8. The second kappa shape index (κ2) is 7.26. The molecule has 0 spiro atoms. The van der Waals surface area contributed by atoms with E-state index < -0.39 is 10.0 Å². The second-order valence-corrected chi connectivity index (χ2v) is 8.38. The second-order valence-electron chi connectivity index (χ2n) is 6.82. The molecule has 9 heteroatoms. The molecule has 4 aromatic rings. The van der Waals surface area contributed by atoms with Crippen molar-refractivity contribution in [2.24, 2.45) is 5.14 Å². The molecule has 29 heavy (non-hydrogen) atoms. The fourth-order valence-corrected chi connectivity index (χ4v) is 3.60. The molecular weight excluding hydrogens is 390 g/mol. The van der Waals surface area contributed by atoms with Crippen LogP contribution in [0.15, 0.2) is 64.3 Å². The quantitative estimate of drug-likeness (QED) is 0.542. The van der Waals surface area contributed by atoms with Gasteiger partial charge in [0.1, 0.15) is 0 Å². The Morgan fingerprint density at radius 1 is 1.03 bits per heavy atom. The molecule has 4 rings (SSSR count). The van der Waals surface area contributed by atoms with E-state index in [1.807, 2.05) is 24.6 Å². The molecule has 0 unspecified atom stereocenters. The molecule has 8 nitrogen and oxygen atoms in total. The van der Waals surface area contributed by atoms with Gasteiger partial charge in [-0.05, 0) is 43.7 Å². The molecule has 2 N–H and O–H groups in total. The fourth-order valence-electron chi connectivity index (χ4n) is 3.06. The monoisotopic (exact) mass is 409 g/mol. The molecule has 0 saturated heterocycles. The van der Waals surface area contributed by atoms with Crippen LogP contribution in [0.2, 0.25) is 0 Å². The van der Waals surface area contributed by atoms with Crippen LogP contribution in [0.25, 0.3) is 22.6 Å². The molecule has 0 radical (unpaired) electrons. The minimum absolute atomic E-state index is 0.00881. The highest BCUT2D eigenvalue weighted by atomic mass is 32.2. The lowest BCUT2D eigenvalue weighted by atomic mass is 10.0. The van der Waals surface area contributed by atoms with Crippen molar-refractivity contribution in [1.82, 2.24) is 19.9 Å². The van der Waals surface area contributed by atoms with E-state index in [1.165, 1.54) is 24.1 Å². The van der Waals surface area contributed by atoms with Crippen LogP contribution in [0.5, 0.6) is 0 Å². The minimum atomic E-state index is -3.87. The Balaban J connectivity index is 1.80. The van der Waals surface area contributed by atoms with Crippen molar-refractivity contribution in [3.63, 3.8) is 0 Å². The first-order valence-electron chi connectivity index (χ1n) is 8.85. The first-order valence-corrected chi connectivity index (χ1v) is 10.4. The van der Waals surface area contributed by atoms with E-state index in [2.05, 4.69) is 39.5 Å². The van der Waals surface area contributed by atoms with Crippen LogP contribution in [0, 0.1) is 13.8 Å². The third-order valence-corrected chi connectivity index (χ3v) is 5.54. The number of nitrogens with zero attached hydrogens (tertiary/aromatic N) is 4. The maximum Gasteiger partial charge on any atom is 0.238 e. The molecule has 0 saturated carbocycles. The van der Waals surface area contributed by atoms with E-state index in [9.17, 15) is 8.42 Å². The number of hydrogen-bond acceptors (Lipinski definition) is 6. The number of hydrogen-bond donors (Lipinski definition) is 1. The molecule has 0 aliphatic heterocycles. The molecule has 0 aliphatic carbocycles. The predicted octanol–water partition coefficient (Wildman–Crippen LogP) is 2.91. The van der Waals surface area contributed by atoms with Gasteiger partial charge in [-0.3, -0.25) is 4.68 Å². The maximum atomic E-state index is 11.9. The van der Waals surface area contributed by atoms with Crippen molar-refractivity contribution in [3.8, 4) is 22.6 Å². The van der Waals surface area contributed by atoms with E-state index in [0.29, 0.717) is 29.2 Å². The average molecular weight is 409 g/mol. The Labute approximate surface area is 168 Å². The van der Waals surface area contributed by atoms with Crippen molar-refractivity contribution in [2.75, 3.05) is 0 Å². The van der Waals surface area contributed by atoms with Gasteiger partial charge < -0.3 is 4.52 Å². The van der Waals surface area contributed by atoms with Crippen LogP contribution >= 0.6 is 0 Å². The van der Waals surface area contributed by atoms with Gasteiger partial charge >= 0.3 is 0 Å². The number of rotatable bonds is 5. The summed E-state index contributed by atoms with van der Waals surface area (Å²) in [5, 5.41) is 13.9. The summed E-state index contributed by atoms with van der Waals surface area (Å²) in [5.74, 6) is 0.340. The zero-order valence-corrected chi connectivity index (χ0v) is 16.7. The van der Waals surface area contributed by atoms with Gasteiger partial charge in [0, 0.05) is 16.8 Å². The molecule has 0 fully saturated rings. The Hall–Kier alpha value is -3.30. The van der Waals surface area contributed by atoms with Crippen molar-refractivity contribution in [3.05, 3.63) is 71.7 Å². The van der Waals surface area contributed by atoms with Crippen LogP contribution in [-0.4, -0.2) is 28.3 Å². The summed E-state index contributed by atoms with van der Waals surface area (Å²) in [7, 11) is -3.87. The van der Waals surface area contributed by atoms with Gasteiger partial charge in [-0.1, -0.05) is 35.0 Å². The zero-order chi connectivity index (χ0) is 20.6. The SMILES string of the molecule is Cc1ccc(Cn2nc(-c3cc(S(N)(=O)=O)ccc3-c3ncon3)cc2C)cc1. The van der Waals surface area contributed by atoms with Gasteiger partial charge in [0.2, 0.25) is 22.2 Å². The van der Waals surface area contributed by atoms with Crippen molar-refractivity contribution >= 4 is 10.0 Å². The molecule has 2 aromatic heterocycles. The molecular formula is C20H19N5O3S. The van der Waals surface area contributed by atoms with Crippen molar-refractivity contribution < 1.29 is 12.9 Å². The smallest absolute Gasteiger partial charge is 0.238 e. The van der Waals surface area contributed by atoms with Crippen LogP contribution < -0.4 is 5.14 Å². The highest BCUT2D eigenvalue weighted by Crippen LogP contribution is 2.32. The predicted molar refractivity (Wildman–Crippen MR) is 107 cm³/mol. The van der Waals surface area contributed by atoms with Crippen LogP contribution in [0.3, 0.4) is 0 Å². The molecule has 0 bridgehead atoms. The summed E-state index contributed by atoms with van der Waals surface area (Å²) in [4.78, 5) is 4.07. The van der Waals surface area contributed by atoms with E-state index in [0.717, 1.165) is 11.3 Å². The molecule has 0 aliphatic rings. The summed E-state index contributed by atoms with van der Waals surface area (Å²) in [6.45, 7) is 4.58. The molecule has 0 atom stereocenters. The summed E-state index contributed by atoms with van der Waals surface area (Å²) in [6, 6.07) is 14.6. The highest BCUT2D eigenvalue weighted by Gasteiger charge is 2.19. The Morgan fingerprint density at radius 2 is 1.79 bits per heavy atom. The number of aryl methyl sites for hydroxylation is 2. The summed E-state index contributed by atoms with van der Waals surface area (Å²) in [5.41, 5.74) is 5.00. The lowest BCUT2D eigenvalue weighted by Gasteiger charge is -2.07. The third kappa shape index (κ3) is 3.96. The van der Waals surface area contributed by atoms with Crippen LogP contribution in [-0.2, 0) is 16.6 Å². The molecule has 148 valence electrons. The Kier molecular flexibility index (Phi) is 4.77. The molecule has 0 amide bonds. The van der Waals surface area contributed by atoms with Gasteiger partial charge in [-0.25, -0.2) is 13.6 Å². The first kappa shape index (κ1) is 19.0. The van der Waals surface area contributed by atoms with Gasteiger partial charge in [0.05, 0.1) is 17.1 Å². The van der Waals surface area contributed by atoms with Gasteiger partial charge in [0.15, 0.2) is 0 Å². The standard InChI is InChI=1S/C20H19N5O3S/c1-13-3-5-15(6-4-13)11-25-14(2)9-19(23-25)18-10-16(29(21,26)27)7-8-17(18)20-22-12-28-24-20/h3-10,12H,11H2,1-2H3,(H2,21,26,27). The van der Waals surface area contributed by atoms with E-state index in [-0.39, 0.29) is 4.90 Å². The number of aromatic nitrogens is 4. The van der Waals surface area contributed by atoms with Crippen LogP contribution in [0.4, 0.5) is 0 Å². The zero-order valence-electron chi connectivity index (χ0n) is 15.9. The fraction of sp³-hybridized carbons (Fsp3) is 0.150.